The number of hydrogen-bond donors (Lipinski definition) is 1. The lowest BCUT2D eigenvalue weighted by atomic mass is 9.99. The van der Waals surface area contributed by atoms with E-state index in [2.05, 4.69) is 35.4 Å². The molecule has 0 spiro atoms. The fraction of sp³-hybridized carbons (Fsp3) is 0.429. The van der Waals surface area contributed by atoms with Crippen LogP contribution >= 0.6 is 0 Å². The van der Waals surface area contributed by atoms with Crippen LogP contribution in [0.25, 0.3) is 0 Å². The van der Waals surface area contributed by atoms with Crippen molar-refractivity contribution >= 4 is 0 Å². The summed E-state index contributed by atoms with van der Waals surface area (Å²) in [7, 11) is 1.98. The topological polar surface area (TPSA) is 21.3 Å². The second-order valence-corrected chi connectivity index (χ2v) is 3.99. The van der Waals surface area contributed by atoms with Crippen molar-refractivity contribution in [2.24, 2.45) is 0 Å². The van der Waals surface area contributed by atoms with Crippen molar-refractivity contribution in [2.75, 3.05) is 7.05 Å². The Hall–Kier alpha value is -1.30. The summed E-state index contributed by atoms with van der Waals surface area (Å²) < 4.78 is 5.42. The second kappa shape index (κ2) is 5.16. The number of rotatable bonds is 3. The van der Waals surface area contributed by atoms with Gasteiger partial charge in [0.2, 0.25) is 0 Å². The number of nitrogens with one attached hydrogen (secondary N) is 1. The molecule has 0 bridgehead atoms. The summed E-state index contributed by atoms with van der Waals surface area (Å²) in [5, 5.41) is 3.30. The van der Waals surface area contributed by atoms with E-state index in [1.807, 2.05) is 14.0 Å². The largest absolute Gasteiger partial charge is 0.372 e. The molecule has 0 aliphatic carbocycles. The minimum Gasteiger partial charge on any atom is -0.372 e. The highest BCUT2D eigenvalue weighted by Crippen LogP contribution is 2.24. The van der Waals surface area contributed by atoms with Gasteiger partial charge in [-0.1, -0.05) is 18.2 Å². The zero-order chi connectivity index (χ0) is 11.4. The molecule has 2 heteroatoms. The summed E-state index contributed by atoms with van der Waals surface area (Å²) in [6.45, 7) is 3.39. The van der Waals surface area contributed by atoms with Gasteiger partial charge in [0, 0.05) is 12.5 Å². The zero-order valence-corrected chi connectivity index (χ0v) is 9.84. The minimum atomic E-state index is 0.318. The standard InChI is InChI=1S/C14H17NO/c1-3-4-5-14(15-2)11-6-7-12-9-16-10-13(12)8-11/h6-8,14-15H,5,9-10H2,1-2H3. The van der Waals surface area contributed by atoms with Crippen LogP contribution in [0.15, 0.2) is 18.2 Å². The predicted molar refractivity (Wildman–Crippen MR) is 64.8 cm³/mol. The monoisotopic (exact) mass is 215 g/mol. The lowest BCUT2D eigenvalue weighted by Crippen LogP contribution is -2.15. The van der Waals surface area contributed by atoms with Crippen LogP contribution in [-0.4, -0.2) is 7.05 Å². The Morgan fingerprint density at radius 2 is 2.19 bits per heavy atom. The summed E-state index contributed by atoms with van der Waals surface area (Å²) in [6.07, 6.45) is 0.854. The molecular formula is C14H17NO. The molecule has 0 saturated heterocycles. The Morgan fingerprint density at radius 3 is 2.94 bits per heavy atom. The molecule has 2 rings (SSSR count). The van der Waals surface area contributed by atoms with E-state index in [1.165, 1.54) is 16.7 Å². The SMILES string of the molecule is CC#CCC(NC)c1ccc2c(c1)COC2. The minimum absolute atomic E-state index is 0.318. The Labute approximate surface area is 97.0 Å². The van der Waals surface area contributed by atoms with Gasteiger partial charge in [-0.05, 0) is 30.7 Å². The van der Waals surface area contributed by atoms with Crippen molar-refractivity contribution in [3.8, 4) is 11.8 Å². The number of hydrogen-bond acceptors (Lipinski definition) is 2. The zero-order valence-electron chi connectivity index (χ0n) is 9.84. The van der Waals surface area contributed by atoms with Crippen LogP contribution in [-0.2, 0) is 18.0 Å². The first-order chi connectivity index (χ1) is 7.85. The summed E-state index contributed by atoms with van der Waals surface area (Å²) in [5.74, 6) is 6.06. The number of ether oxygens (including phenoxy) is 1. The molecule has 0 saturated carbocycles. The van der Waals surface area contributed by atoms with E-state index in [0.29, 0.717) is 6.04 Å². The Balaban J connectivity index is 2.20. The van der Waals surface area contributed by atoms with Gasteiger partial charge in [-0.2, -0.15) is 0 Å². The van der Waals surface area contributed by atoms with Crippen LogP contribution in [0, 0.1) is 11.8 Å². The molecule has 1 aliphatic heterocycles. The third kappa shape index (κ3) is 2.27. The first kappa shape index (κ1) is 11.2. The predicted octanol–water partition coefficient (Wildman–Crippen LogP) is 2.39. The first-order valence-corrected chi connectivity index (χ1v) is 5.61. The maximum atomic E-state index is 5.42. The smallest absolute Gasteiger partial charge is 0.0725 e. The van der Waals surface area contributed by atoms with Gasteiger partial charge in [-0.3, -0.25) is 0 Å². The fourth-order valence-corrected chi connectivity index (χ4v) is 2.00. The van der Waals surface area contributed by atoms with Gasteiger partial charge in [-0.15, -0.1) is 11.8 Å². The highest BCUT2D eigenvalue weighted by atomic mass is 16.5. The summed E-state index contributed by atoms with van der Waals surface area (Å²) in [4.78, 5) is 0. The van der Waals surface area contributed by atoms with Gasteiger partial charge in [0.1, 0.15) is 0 Å². The molecule has 1 unspecified atom stereocenters. The molecule has 1 aromatic rings. The van der Waals surface area contributed by atoms with Crippen molar-refractivity contribution in [1.82, 2.24) is 5.32 Å². The van der Waals surface area contributed by atoms with Gasteiger partial charge in [0.05, 0.1) is 13.2 Å². The maximum absolute atomic E-state index is 5.42. The molecule has 0 aromatic heterocycles. The van der Waals surface area contributed by atoms with Crippen LogP contribution in [0.5, 0.6) is 0 Å². The highest BCUT2D eigenvalue weighted by molar-refractivity contribution is 5.35. The second-order valence-electron chi connectivity index (χ2n) is 3.99. The van der Waals surface area contributed by atoms with Gasteiger partial charge >= 0.3 is 0 Å². The molecular weight excluding hydrogens is 198 g/mol. The molecule has 0 radical (unpaired) electrons. The highest BCUT2D eigenvalue weighted by Gasteiger charge is 2.14. The first-order valence-electron chi connectivity index (χ1n) is 5.61. The van der Waals surface area contributed by atoms with Crippen molar-refractivity contribution in [2.45, 2.75) is 32.6 Å². The Bertz CT molecular complexity index is 428. The van der Waals surface area contributed by atoms with Gasteiger partial charge in [0.25, 0.3) is 0 Å². The molecule has 0 fully saturated rings. The van der Waals surface area contributed by atoms with Gasteiger partial charge in [0.15, 0.2) is 0 Å². The molecule has 1 N–H and O–H groups in total. The van der Waals surface area contributed by atoms with Crippen molar-refractivity contribution in [3.63, 3.8) is 0 Å². The van der Waals surface area contributed by atoms with E-state index >= 15 is 0 Å². The van der Waals surface area contributed by atoms with Gasteiger partial charge in [-0.25, -0.2) is 0 Å². The molecule has 1 aliphatic rings. The van der Waals surface area contributed by atoms with E-state index in [1.54, 1.807) is 0 Å². The molecule has 0 amide bonds. The fourth-order valence-electron chi connectivity index (χ4n) is 2.00. The molecule has 84 valence electrons. The third-order valence-electron chi connectivity index (χ3n) is 2.98. The van der Waals surface area contributed by atoms with Crippen LogP contribution in [0.1, 0.15) is 36.1 Å². The summed E-state index contributed by atoms with van der Waals surface area (Å²) >= 11 is 0. The average Bonchev–Trinajstić information content (AvgIpc) is 2.77. The van der Waals surface area contributed by atoms with Crippen LogP contribution in [0.4, 0.5) is 0 Å². The molecule has 1 aromatic carbocycles. The average molecular weight is 215 g/mol. The van der Waals surface area contributed by atoms with E-state index in [0.717, 1.165) is 19.6 Å². The van der Waals surface area contributed by atoms with Gasteiger partial charge < -0.3 is 10.1 Å². The molecule has 1 atom stereocenters. The van der Waals surface area contributed by atoms with E-state index in [4.69, 9.17) is 4.74 Å². The lowest BCUT2D eigenvalue weighted by Gasteiger charge is -2.14. The summed E-state index contributed by atoms with van der Waals surface area (Å²) in [5.41, 5.74) is 3.94. The summed E-state index contributed by atoms with van der Waals surface area (Å²) in [6, 6.07) is 6.90. The maximum Gasteiger partial charge on any atom is 0.0725 e. The normalized spacial score (nSPS) is 15.1. The lowest BCUT2D eigenvalue weighted by molar-refractivity contribution is 0.134. The van der Waals surface area contributed by atoms with Crippen molar-refractivity contribution in [3.05, 3.63) is 34.9 Å². The quantitative estimate of drug-likeness (QED) is 0.782. The van der Waals surface area contributed by atoms with E-state index < -0.39 is 0 Å². The van der Waals surface area contributed by atoms with Crippen molar-refractivity contribution < 1.29 is 4.74 Å². The van der Waals surface area contributed by atoms with Crippen LogP contribution in [0.3, 0.4) is 0 Å². The number of fused-ring (bicyclic) bond motifs is 1. The number of benzene rings is 1. The third-order valence-corrected chi connectivity index (χ3v) is 2.98. The van der Waals surface area contributed by atoms with Crippen LogP contribution < -0.4 is 5.32 Å². The van der Waals surface area contributed by atoms with Crippen molar-refractivity contribution in [1.29, 1.82) is 0 Å². The molecule has 1 heterocycles. The Kier molecular flexibility index (Phi) is 3.61. The van der Waals surface area contributed by atoms with Crippen LogP contribution in [0.2, 0.25) is 0 Å². The van der Waals surface area contributed by atoms with E-state index in [9.17, 15) is 0 Å². The van der Waals surface area contributed by atoms with E-state index in [-0.39, 0.29) is 0 Å². The molecule has 2 nitrogen and oxygen atoms in total. The Morgan fingerprint density at radius 1 is 1.38 bits per heavy atom. The molecule has 16 heavy (non-hydrogen) atoms.